The summed E-state index contributed by atoms with van der Waals surface area (Å²) in [4.78, 5) is 6.46. The van der Waals surface area contributed by atoms with Gasteiger partial charge in [-0.2, -0.15) is 11.8 Å². The molecular weight excluding hydrogens is 290 g/mol. The molecule has 0 amide bonds. The van der Waals surface area contributed by atoms with Crippen LogP contribution in [0.15, 0.2) is 35.3 Å². The predicted molar refractivity (Wildman–Crippen MR) is 88.5 cm³/mol. The van der Waals surface area contributed by atoms with Gasteiger partial charge in [-0.15, -0.1) is 0 Å². The molecule has 0 aromatic heterocycles. The van der Waals surface area contributed by atoms with Gasteiger partial charge in [0.25, 0.3) is 0 Å². The quantitative estimate of drug-likeness (QED) is 0.658. The maximum atomic E-state index is 12.0. The van der Waals surface area contributed by atoms with Crippen LogP contribution in [0.4, 0.5) is 0 Å². The molecule has 0 spiro atoms. The zero-order valence-corrected chi connectivity index (χ0v) is 13.2. The van der Waals surface area contributed by atoms with Crippen molar-refractivity contribution in [3.63, 3.8) is 0 Å². The molecular formula is C14H21N3OS2. The van der Waals surface area contributed by atoms with Crippen LogP contribution < -0.4 is 5.73 Å². The fourth-order valence-corrected chi connectivity index (χ4v) is 3.89. The minimum atomic E-state index is -0.878. The molecule has 1 aromatic carbocycles. The molecule has 1 aliphatic rings. The van der Waals surface area contributed by atoms with Crippen LogP contribution in [-0.2, 0) is 16.6 Å². The van der Waals surface area contributed by atoms with E-state index < -0.39 is 10.8 Å². The number of guanidine groups is 1. The first-order chi connectivity index (χ1) is 9.75. The normalized spacial score (nSPS) is 18.0. The van der Waals surface area contributed by atoms with Crippen molar-refractivity contribution < 1.29 is 4.21 Å². The summed E-state index contributed by atoms with van der Waals surface area (Å²) in [6.45, 7) is 2.47. The van der Waals surface area contributed by atoms with Crippen LogP contribution in [0, 0.1) is 0 Å². The lowest BCUT2D eigenvalue weighted by atomic mass is 10.2. The van der Waals surface area contributed by atoms with E-state index in [4.69, 9.17) is 5.73 Å². The average molecular weight is 311 g/mol. The van der Waals surface area contributed by atoms with Crippen LogP contribution >= 0.6 is 11.8 Å². The summed E-state index contributed by atoms with van der Waals surface area (Å²) in [6, 6.07) is 9.91. The molecule has 1 heterocycles. The van der Waals surface area contributed by atoms with Gasteiger partial charge < -0.3 is 10.6 Å². The lowest BCUT2D eigenvalue weighted by Crippen LogP contribution is -2.42. The van der Waals surface area contributed by atoms with Gasteiger partial charge in [0.05, 0.1) is 6.54 Å². The number of hydrogen-bond acceptors (Lipinski definition) is 3. The lowest BCUT2D eigenvalue weighted by molar-refractivity contribution is 0.456. The van der Waals surface area contributed by atoms with Crippen LogP contribution in [-0.4, -0.2) is 52.0 Å². The highest BCUT2D eigenvalue weighted by atomic mass is 32.2. The van der Waals surface area contributed by atoms with Gasteiger partial charge in [-0.25, -0.2) is 0 Å². The minimum Gasteiger partial charge on any atom is -0.370 e. The Balaban J connectivity index is 1.73. The smallest absolute Gasteiger partial charge is 0.191 e. The van der Waals surface area contributed by atoms with E-state index in [1.165, 1.54) is 0 Å². The van der Waals surface area contributed by atoms with Crippen molar-refractivity contribution in [1.82, 2.24) is 4.90 Å². The number of benzene rings is 1. The first-order valence-electron chi connectivity index (χ1n) is 6.77. The Morgan fingerprint density at radius 3 is 2.70 bits per heavy atom. The van der Waals surface area contributed by atoms with Crippen molar-refractivity contribution in [3.05, 3.63) is 35.9 Å². The Morgan fingerprint density at radius 2 is 2.00 bits per heavy atom. The van der Waals surface area contributed by atoms with E-state index >= 15 is 0 Å². The molecule has 0 saturated carbocycles. The number of hydrogen-bond donors (Lipinski definition) is 1. The Bertz CT molecular complexity index is 459. The molecule has 6 heteroatoms. The molecule has 0 bridgehead atoms. The molecule has 4 nitrogen and oxygen atoms in total. The molecule has 1 saturated heterocycles. The highest BCUT2D eigenvalue weighted by molar-refractivity contribution is 7.99. The van der Waals surface area contributed by atoms with E-state index in [9.17, 15) is 4.21 Å². The summed E-state index contributed by atoms with van der Waals surface area (Å²) >= 11 is 1.95. The molecule has 1 atom stereocenters. The molecule has 110 valence electrons. The minimum absolute atomic E-state index is 0.537. The second-order valence-electron chi connectivity index (χ2n) is 4.61. The van der Waals surface area contributed by atoms with Gasteiger partial charge in [0.1, 0.15) is 0 Å². The van der Waals surface area contributed by atoms with Crippen molar-refractivity contribution in [2.75, 3.05) is 36.9 Å². The van der Waals surface area contributed by atoms with Gasteiger partial charge in [0, 0.05) is 46.9 Å². The van der Waals surface area contributed by atoms with Crippen molar-refractivity contribution in [1.29, 1.82) is 0 Å². The Hall–Kier alpha value is -1.01. The summed E-state index contributed by atoms with van der Waals surface area (Å²) in [5.74, 6) is 3.98. The van der Waals surface area contributed by atoms with E-state index in [0.29, 0.717) is 24.0 Å². The van der Waals surface area contributed by atoms with E-state index in [-0.39, 0.29) is 0 Å². The van der Waals surface area contributed by atoms with Crippen LogP contribution in [0.2, 0.25) is 0 Å². The summed E-state index contributed by atoms with van der Waals surface area (Å²) in [5.41, 5.74) is 7.06. The maximum Gasteiger partial charge on any atom is 0.191 e. The zero-order chi connectivity index (χ0) is 14.2. The standard InChI is InChI=1S/C14H21N3OS2/c15-14(17-7-9-19-10-8-17)16-6-11-20(18)12-13-4-2-1-3-5-13/h1-5H,6-12H2,(H2,15,16). The summed E-state index contributed by atoms with van der Waals surface area (Å²) < 4.78 is 12.0. The topological polar surface area (TPSA) is 58.7 Å². The summed E-state index contributed by atoms with van der Waals surface area (Å²) in [6.07, 6.45) is 0. The first kappa shape index (κ1) is 15.4. The third-order valence-corrected chi connectivity index (χ3v) is 5.33. The monoisotopic (exact) mass is 311 g/mol. The molecule has 1 fully saturated rings. The van der Waals surface area contributed by atoms with Gasteiger partial charge >= 0.3 is 0 Å². The molecule has 20 heavy (non-hydrogen) atoms. The van der Waals surface area contributed by atoms with Crippen LogP contribution in [0.3, 0.4) is 0 Å². The van der Waals surface area contributed by atoms with Gasteiger partial charge in [-0.05, 0) is 5.56 Å². The van der Waals surface area contributed by atoms with Crippen molar-refractivity contribution in [3.8, 4) is 0 Å². The fraction of sp³-hybridized carbons (Fsp3) is 0.500. The van der Waals surface area contributed by atoms with Gasteiger partial charge in [-0.3, -0.25) is 9.20 Å². The number of nitrogens with zero attached hydrogens (tertiary/aromatic N) is 2. The van der Waals surface area contributed by atoms with Crippen molar-refractivity contribution >= 4 is 28.5 Å². The third kappa shape index (κ3) is 5.17. The second-order valence-corrected chi connectivity index (χ2v) is 7.41. The maximum absolute atomic E-state index is 12.0. The number of nitrogens with two attached hydrogens (primary N) is 1. The Morgan fingerprint density at radius 1 is 1.30 bits per heavy atom. The molecule has 2 N–H and O–H groups in total. The molecule has 1 aliphatic heterocycles. The number of thioether (sulfide) groups is 1. The van der Waals surface area contributed by atoms with E-state index in [2.05, 4.69) is 9.89 Å². The predicted octanol–water partition coefficient (Wildman–Crippen LogP) is 1.30. The van der Waals surface area contributed by atoms with Crippen LogP contribution in [0.1, 0.15) is 5.56 Å². The van der Waals surface area contributed by atoms with Crippen molar-refractivity contribution in [2.24, 2.45) is 10.7 Å². The Labute approximate surface area is 127 Å². The lowest BCUT2D eigenvalue weighted by Gasteiger charge is -2.27. The zero-order valence-electron chi connectivity index (χ0n) is 11.5. The summed E-state index contributed by atoms with van der Waals surface area (Å²) in [7, 11) is -0.878. The molecule has 0 radical (unpaired) electrons. The van der Waals surface area contributed by atoms with E-state index in [1.807, 2.05) is 42.1 Å². The Kier molecular flexibility index (Phi) is 6.39. The average Bonchev–Trinajstić information content (AvgIpc) is 2.49. The number of rotatable bonds is 5. The van der Waals surface area contributed by atoms with Gasteiger partial charge in [0.15, 0.2) is 5.96 Å². The largest absolute Gasteiger partial charge is 0.370 e. The summed E-state index contributed by atoms with van der Waals surface area (Å²) in [5, 5.41) is 0. The highest BCUT2D eigenvalue weighted by Gasteiger charge is 2.11. The highest BCUT2D eigenvalue weighted by Crippen LogP contribution is 2.08. The van der Waals surface area contributed by atoms with Crippen LogP contribution in [0.25, 0.3) is 0 Å². The first-order valence-corrected chi connectivity index (χ1v) is 9.41. The van der Waals surface area contributed by atoms with Crippen molar-refractivity contribution in [2.45, 2.75) is 5.75 Å². The molecule has 1 unspecified atom stereocenters. The second kappa shape index (κ2) is 8.32. The number of aliphatic imine (C=N–C) groups is 1. The fourth-order valence-electron chi connectivity index (χ4n) is 1.99. The van der Waals surface area contributed by atoms with E-state index in [0.717, 1.165) is 30.2 Å². The van der Waals surface area contributed by atoms with Crippen LogP contribution in [0.5, 0.6) is 0 Å². The molecule has 2 rings (SSSR count). The van der Waals surface area contributed by atoms with Gasteiger partial charge in [0.2, 0.25) is 0 Å². The van der Waals surface area contributed by atoms with Gasteiger partial charge in [-0.1, -0.05) is 30.3 Å². The molecule has 1 aromatic rings. The molecule has 0 aliphatic carbocycles. The third-order valence-electron chi connectivity index (χ3n) is 3.10. The SMILES string of the molecule is NC(=NCCS(=O)Cc1ccccc1)N1CCSCC1. The van der Waals surface area contributed by atoms with E-state index in [1.54, 1.807) is 0 Å².